The fourth-order valence-electron chi connectivity index (χ4n) is 4.62. The molecule has 1 saturated carbocycles. The number of aryl methyl sites for hydroxylation is 3. The van der Waals surface area contributed by atoms with Crippen LogP contribution in [-0.4, -0.2) is 5.11 Å². The molecule has 0 atom stereocenters. The van der Waals surface area contributed by atoms with Crippen molar-refractivity contribution in [3.05, 3.63) is 86.9 Å². The number of allylic oxidation sites excluding steroid dienone is 2. The van der Waals surface area contributed by atoms with Gasteiger partial charge in [-0.25, -0.2) is 4.39 Å². The molecule has 0 heterocycles. The van der Waals surface area contributed by atoms with Gasteiger partial charge in [0.1, 0.15) is 11.6 Å². The summed E-state index contributed by atoms with van der Waals surface area (Å²) in [5, 5.41) is 11.3. The monoisotopic (exact) mass is 434 g/mol. The molecular weight excluding hydrogens is 395 g/mol. The molecule has 0 amide bonds. The summed E-state index contributed by atoms with van der Waals surface area (Å²) < 4.78 is 14.0. The Hall–Kier alpha value is -2.35. The second kappa shape index (κ2) is 11.5. The number of rotatable bonds is 10. The Morgan fingerprint density at radius 3 is 2.25 bits per heavy atom. The van der Waals surface area contributed by atoms with Crippen LogP contribution in [0.25, 0.3) is 5.57 Å². The first-order chi connectivity index (χ1) is 15.5. The van der Waals surface area contributed by atoms with Gasteiger partial charge in [-0.1, -0.05) is 57.4 Å². The van der Waals surface area contributed by atoms with E-state index in [4.69, 9.17) is 0 Å². The third kappa shape index (κ3) is 5.71. The van der Waals surface area contributed by atoms with Crippen LogP contribution >= 0.6 is 0 Å². The van der Waals surface area contributed by atoms with E-state index in [9.17, 15) is 9.50 Å². The minimum absolute atomic E-state index is 0.218. The third-order valence-electron chi connectivity index (χ3n) is 6.80. The fourth-order valence-corrected chi connectivity index (χ4v) is 4.62. The van der Waals surface area contributed by atoms with E-state index in [2.05, 4.69) is 39.0 Å². The Kier molecular flexibility index (Phi) is 8.73. The second-order valence-electron chi connectivity index (χ2n) is 9.32. The Morgan fingerprint density at radius 1 is 0.906 bits per heavy atom. The van der Waals surface area contributed by atoms with E-state index in [0.29, 0.717) is 5.76 Å². The standard InChI is InChI=1S/C30H39FO/c1-5-7-9-11-23-15-16-25(19-21(23)3)29(27-18-17-26(31)20-22(27)4)28(14-8-6-2)30(32)24-12-10-13-24/h15-20,32H,5-14H2,1-4H3/b29-28+. The average molecular weight is 435 g/mol. The molecule has 0 spiro atoms. The van der Waals surface area contributed by atoms with Gasteiger partial charge in [-0.2, -0.15) is 0 Å². The van der Waals surface area contributed by atoms with Crippen molar-refractivity contribution in [2.45, 2.75) is 91.9 Å². The van der Waals surface area contributed by atoms with Crippen LogP contribution in [0.3, 0.4) is 0 Å². The van der Waals surface area contributed by atoms with Crippen molar-refractivity contribution in [2.24, 2.45) is 0 Å². The van der Waals surface area contributed by atoms with Crippen molar-refractivity contribution < 1.29 is 9.50 Å². The molecule has 172 valence electrons. The smallest absolute Gasteiger partial charge is 0.123 e. The SMILES string of the molecule is CCCCCc1ccc(/C(=C(/CCCC)C(O)=C2CCC2)c2ccc(F)cc2C)cc1C. The van der Waals surface area contributed by atoms with Gasteiger partial charge in [0.2, 0.25) is 0 Å². The highest BCUT2D eigenvalue weighted by Crippen LogP contribution is 2.39. The van der Waals surface area contributed by atoms with E-state index in [-0.39, 0.29) is 5.82 Å². The van der Waals surface area contributed by atoms with Crippen molar-refractivity contribution in [1.29, 1.82) is 0 Å². The van der Waals surface area contributed by atoms with Gasteiger partial charge >= 0.3 is 0 Å². The lowest BCUT2D eigenvalue weighted by Gasteiger charge is -2.24. The zero-order chi connectivity index (χ0) is 23.1. The van der Waals surface area contributed by atoms with E-state index < -0.39 is 0 Å². The molecule has 0 radical (unpaired) electrons. The summed E-state index contributed by atoms with van der Waals surface area (Å²) in [5.74, 6) is 0.262. The lowest BCUT2D eigenvalue weighted by molar-refractivity contribution is 0.394. The van der Waals surface area contributed by atoms with Gasteiger partial charge in [-0.05, 0) is 110 Å². The number of aliphatic hydroxyl groups is 1. The van der Waals surface area contributed by atoms with E-state index in [1.54, 1.807) is 12.1 Å². The van der Waals surface area contributed by atoms with Gasteiger partial charge in [-0.3, -0.25) is 0 Å². The largest absolute Gasteiger partial charge is 0.508 e. The lowest BCUT2D eigenvalue weighted by Crippen LogP contribution is -2.07. The van der Waals surface area contributed by atoms with Crippen LogP contribution < -0.4 is 0 Å². The molecule has 0 saturated heterocycles. The molecule has 1 N–H and O–H groups in total. The van der Waals surface area contributed by atoms with Gasteiger partial charge in [0, 0.05) is 5.57 Å². The topological polar surface area (TPSA) is 20.2 Å². The summed E-state index contributed by atoms with van der Waals surface area (Å²) in [6, 6.07) is 11.8. The maximum atomic E-state index is 14.0. The third-order valence-corrected chi connectivity index (χ3v) is 6.80. The van der Waals surface area contributed by atoms with Gasteiger partial charge in [0.15, 0.2) is 0 Å². The van der Waals surface area contributed by atoms with Crippen molar-refractivity contribution in [2.75, 3.05) is 0 Å². The predicted molar refractivity (Wildman–Crippen MR) is 135 cm³/mol. The Morgan fingerprint density at radius 2 is 1.66 bits per heavy atom. The van der Waals surface area contributed by atoms with E-state index >= 15 is 0 Å². The molecule has 2 heteroatoms. The molecule has 0 bridgehead atoms. The molecule has 1 aliphatic rings. The molecule has 0 aliphatic heterocycles. The number of halogens is 1. The first-order valence-corrected chi connectivity index (χ1v) is 12.5. The van der Waals surface area contributed by atoms with Crippen LogP contribution in [0.1, 0.15) is 99.5 Å². The molecule has 1 nitrogen and oxygen atoms in total. The highest BCUT2D eigenvalue weighted by Gasteiger charge is 2.22. The average Bonchev–Trinajstić information content (AvgIpc) is 2.72. The van der Waals surface area contributed by atoms with Crippen molar-refractivity contribution in [1.82, 2.24) is 0 Å². The Bertz CT molecular complexity index is 990. The van der Waals surface area contributed by atoms with Crippen LogP contribution in [0.15, 0.2) is 53.3 Å². The molecule has 1 fully saturated rings. The highest BCUT2D eigenvalue weighted by atomic mass is 19.1. The first-order valence-electron chi connectivity index (χ1n) is 12.5. The van der Waals surface area contributed by atoms with Gasteiger partial charge in [0.25, 0.3) is 0 Å². The van der Waals surface area contributed by atoms with Gasteiger partial charge in [0.05, 0.1) is 0 Å². The summed E-state index contributed by atoms with van der Waals surface area (Å²) in [7, 11) is 0. The molecule has 32 heavy (non-hydrogen) atoms. The van der Waals surface area contributed by atoms with Crippen LogP contribution in [0.2, 0.25) is 0 Å². The zero-order valence-electron chi connectivity index (χ0n) is 20.4. The highest BCUT2D eigenvalue weighted by molar-refractivity contribution is 5.86. The predicted octanol–water partition coefficient (Wildman–Crippen LogP) is 9.16. The van der Waals surface area contributed by atoms with Gasteiger partial charge < -0.3 is 5.11 Å². The van der Waals surface area contributed by atoms with Crippen molar-refractivity contribution in [3.63, 3.8) is 0 Å². The molecule has 2 aromatic carbocycles. The first kappa shape index (κ1) is 24.3. The van der Waals surface area contributed by atoms with E-state index in [1.807, 2.05) is 13.0 Å². The maximum absolute atomic E-state index is 14.0. The summed E-state index contributed by atoms with van der Waals surface area (Å²) in [6.07, 6.45) is 10.8. The van der Waals surface area contributed by atoms with E-state index in [0.717, 1.165) is 72.8 Å². The fraction of sp³-hybridized carbons (Fsp3) is 0.467. The second-order valence-corrected chi connectivity index (χ2v) is 9.32. The molecule has 1 aliphatic carbocycles. The molecule has 0 unspecified atom stereocenters. The maximum Gasteiger partial charge on any atom is 0.123 e. The van der Waals surface area contributed by atoms with Gasteiger partial charge in [-0.15, -0.1) is 0 Å². The molecule has 3 rings (SSSR count). The molecule has 2 aromatic rings. The van der Waals surface area contributed by atoms with Crippen LogP contribution in [-0.2, 0) is 6.42 Å². The Labute approximate surface area is 194 Å². The van der Waals surface area contributed by atoms with Crippen LogP contribution in [0.5, 0.6) is 0 Å². The summed E-state index contributed by atoms with van der Waals surface area (Å²) >= 11 is 0. The normalized spacial score (nSPS) is 14.2. The number of aliphatic hydroxyl groups excluding tert-OH is 1. The zero-order valence-corrected chi connectivity index (χ0v) is 20.4. The van der Waals surface area contributed by atoms with Crippen molar-refractivity contribution >= 4 is 5.57 Å². The minimum Gasteiger partial charge on any atom is -0.508 e. The number of hydrogen-bond acceptors (Lipinski definition) is 1. The number of hydrogen-bond donors (Lipinski definition) is 1. The van der Waals surface area contributed by atoms with Crippen LogP contribution in [0, 0.1) is 19.7 Å². The molecule has 0 aromatic heterocycles. The number of unbranched alkanes of at least 4 members (excludes halogenated alkanes) is 3. The lowest BCUT2D eigenvalue weighted by atomic mass is 9.82. The minimum atomic E-state index is -0.218. The summed E-state index contributed by atoms with van der Waals surface area (Å²) in [6.45, 7) is 8.58. The van der Waals surface area contributed by atoms with Crippen molar-refractivity contribution in [3.8, 4) is 0 Å². The van der Waals surface area contributed by atoms with E-state index in [1.165, 1.54) is 36.0 Å². The summed E-state index contributed by atoms with van der Waals surface area (Å²) in [4.78, 5) is 0. The summed E-state index contributed by atoms with van der Waals surface area (Å²) in [5.41, 5.74) is 8.99. The quantitative estimate of drug-likeness (QED) is 0.292. The van der Waals surface area contributed by atoms with Crippen LogP contribution in [0.4, 0.5) is 4.39 Å². The Balaban J connectivity index is 2.18. The molecular formula is C30H39FO. The number of benzene rings is 2.